The first-order chi connectivity index (χ1) is 8.88. The van der Waals surface area contributed by atoms with Gasteiger partial charge in [0.2, 0.25) is 0 Å². The van der Waals surface area contributed by atoms with Crippen LogP contribution in [0.15, 0.2) is 60.7 Å². The molecule has 0 N–H and O–H groups in total. The van der Waals surface area contributed by atoms with Gasteiger partial charge < -0.3 is 0 Å². The molecule has 2 nitrogen and oxygen atoms in total. The van der Waals surface area contributed by atoms with Gasteiger partial charge in [0.1, 0.15) is 0 Å². The summed E-state index contributed by atoms with van der Waals surface area (Å²) < 4.78 is 0. The van der Waals surface area contributed by atoms with Crippen molar-refractivity contribution in [3.05, 3.63) is 71.8 Å². The van der Waals surface area contributed by atoms with Gasteiger partial charge in [0.25, 0.3) is 0 Å². The number of nitrogens with zero attached hydrogens (tertiary/aromatic N) is 1. The van der Waals surface area contributed by atoms with Gasteiger partial charge in [-0.15, -0.1) is 0 Å². The zero-order chi connectivity index (χ0) is 12.6. The number of hydrogen-bond donors (Lipinski definition) is 0. The molecule has 0 heterocycles. The summed E-state index contributed by atoms with van der Waals surface area (Å²) in [4.78, 5) is 5.68. The van der Waals surface area contributed by atoms with Gasteiger partial charge in [-0.05, 0) is 18.1 Å². The average molecular weight is 241 g/mol. The zero-order valence-corrected chi connectivity index (χ0v) is 10.8. The Morgan fingerprint density at radius 2 is 1.22 bits per heavy atom. The van der Waals surface area contributed by atoms with E-state index in [1.54, 1.807) is 0 Å². The minimum absolute atomic E-state index is 0.694. The van der Waals surface area contributed by atoms with Gasteiger partial charge >= 0.3 is 0 Å². The van der Waals surface area contributed by atoms with E-state index in [1.165, 1.54) is 11.1 Å². The Morgan fingerprint density at radius 1 is 0.778 bits per heavy atom. The Labute approximate surface area is 109 Å². The molecule has 0 fully saturated rings. The molecule has 0 saturated heterocycles. The highest BCUT2D eigenvalue weighted by Gasteiger charge is 2.06. The van der Waals surface area contributed by atoms with E-state index in [9.17, 15) is 0 Å². The van der Waals surface area contributed by atoms with Crippen LogP contribution in [0, 0.1) is 0 Å². The van der Waals surface area contributed by atoms with Crippen LogP contribution in [0.3, 0.4) is 0 Å². The van der Waals surface area contributed by atoms with Gasteiger partial charge in [0.05, 0.1) is 6.61 Å². The molecule has 2 aromatic carbocycles. The van der Waals surface area contributed by atoms with Crippen molar-refractivity contribution in [2.75, 3.05) is 6.61 Å². The average Bonchev–Trinajstić information content (AvgIpc) is 2.41. The van der Waals surface area contributed by atoms with Crippen molar-refractivity contribution in [1.82, 2.24) is 5.06 Å². The largest absolute Gasteiger partial charge is 0.299 e. The maximum Gasteiger partial charge on any atom is 0.0657 e. The Balaban J connectivity index is 2.00. The van der Waals surface area contributed by atoms with Gasteiger partial charge in [0, 0.05) is 13.1 Å². The summed E-state index contributed by atoms with van der Waals surface area (Å²) >= 11 is 0. The van der Waals surface area contributed by atoms with Gasteiger partial charge in [-0.1, -0.05) is 60.7 Å². The third-order valence-electron chi connectivity index (χ3n) is 2.72. The Hall–Kier alpha value is -1.64. The molecule has 94 valence electrons. The normalized spacial score (nSPS) is 10.8. The minimum Gasteiger partial charge on any atom is -0.299 e. The van der Waals surface area contributed by atoms with Crippen LogP contribution in [0.1, 0.15) is 18.1 Å². The van der Waals surface area contributed by atoms with Gasteiger partial charge in [-0.2, -0.15) is 5.06 Å². The quantitative estimate of drug-likeness (QED) is 0.716. The molecular formula is C16H19NO. The molecule has 0 bridgehead atoms. The summed E-state index contributed by atoms with van der Waals surface area (Å²) in [7, 11) is 0. The predicted molar refractivity (Wildman–Crippen MR) is 73.8 cm³/mol. The minimum atomic E-state index is 0.694. The molecular weight excluding hydrogens is 222 g/mol. The van der Waals surface area contributed by atoms with Crippen molar-refractivity contribution in [3.8, 4) is 0 Å². The molecule has 18 heavy (non-hydrogen) atoms. The lowest BCUT2D eigenvalue weighted by molar-refractivity contribution is -0.169. The maximum atomic E-state index is 5.68. The van der Waals surface area contributed by atoms with Crippen molar-refractivity contribution < 1.29 is 4.84 Å². The SMILES string of the molecule is CCON(Cc1ccccc1)Cc1ccccc1. The van der Waals surface area contributed by atoms with Crippen molar-refractivity contribution >= 4 is 0 Å². The van der Waals surface area contributed by atoms with E-state index >= 15 is 0 Å². The molecule has 0 amide bonds. The molecule has 0 aliphatic heterocycles. The Bertz CT molecular complexity index is 400. The maximum absolute atomic E-state index is 5.68. The van der Waals surface area contributed by atoms with Crippen LogP contribution in [-0.4, -0.2) is 11.7 Å². The predicted octanol–water partition coefficient (Wildman–Crippen LogP) is 3.64. The highest BCUT2D eigenvalue weighted by atomic mass is 16.7. The number of benzene rings is 2. The molecule has 0 spiro atoms. The Kier molecular flexibility index (Phi) is 4.94. The smallest absolute Gasteiger partial charge is 0.0657 e. The third kappa shape index (κ3) is 3.99. The standard InChI is InChI=1S/C16H19NO/c1-2-18-17(13-15-9-5-3-6-10-15)14-16-11-7-4-8-12-16/h3-12H,2,13-14H2,1H3. The number of hydrogen-bond acceptors (Lipinski definition) is 2. The second kappa shape index (κ2) is 6.94. The molecule has 0 unspecified atom stereocenters. The van der Waals surface area contributed by atoms with Crippen LogP contribution in [0.25, 0.3) is 0 Å². The van der Waals surface area contributed by atoms with Crippen molar-refractivity contribution in [1.29, 1.82) is 0 Å². The van der Waals surface area contributed by atoms with Crippen molar-refractivity contribution in [2.24, 2.45) is 0 Å². The first-order valence-corrected chi connectivity index (χ1v) is 6.34. The molecule has 0 saturated carbocycles. The fraction of sp³-hybridized carbons (Fsp3) is 0.250. The van der Waals surface area contributed by atoms with Gasteiger partial charge in [-0.3, -0.25) is 4.84 Å². The van der Waals surface area contributed by atoms with E-state index in [2.05, 4.69) is 48.5 Å². The summed E-state index contributed by atoms with van der Waals surface area (Å²) in [6, 6.07) is 20.8. The summed E-state index contributed by atoms with van der Waals surface area (Å²) in [5.41, 5.74) is 2.53. The molecule has 0 atom stereocenters. The van der Waals surface area contributed by atoms with E-state index in [1.807, 2.05) is 24.1 Å². The first-order valence-electron chi connectivity index (χ1n) is 6.34. The van der Waals surface area contributed by atoms with E-state index < -0.39 is 0 Å². The van der Waals surface area contributed by atoms with E-state index in [-0.39, 0.29) is 0 Å². The number of rotatable bonds is 6. The third-order valence-corrected chi connectivity index (χ3v) is 2.72. The van der Waals surface area contributed by atoms with Crippen LogP contribution < -0.4 is 0 Å². The van der Waals surface area contributed by atoms with Gasteiger partial charge in [-0.25, -0.2) is 0 Å². The number of hydroxylamine groups is 2. The van der Waals surface area contributed by atoms with Gasteiger partial charge in [0.15, 0.2) is 0 Å². The summed E-state index contributed by atoms with van der Waals surface area (Å²) in [5.74, 6) is 0. The topological polar surface area (TPSA) is 12.5 Å². The molecule has 2 rings (SSSR count). The van der Waals surface area contributed by atoms with Crippen LogP contribution in [0.2, 0.25) is 0 Å². The molecule has 2 aromatic rings. The molecule has 2 heteroatoms. The lowest BCUT2D eigenvalue weighted by atomic mass is 10.2. The molecule has 0 radical (unpaired) electrons. The second-order valence-electron chi connectivity index (χ2n) is 4.19. The molecule has 0 aliphatic rings. The van der Waals surface area contributed by atoms with E-state index in [0.717, 1.165) is 13.1 Å². The van der Waals surface area contributed by atoms with E-state index in [0.29, 0.717) is 6.61 Å². The fourth-order valence-electron chi connectivity index (χ4n) is 1.90. The molecule has 0 aromatic heterocycles. The highest BCUT2D eigenvalue weighted by molar-refractivity contribution is 5.16. The van der Waals surface area contributed by atoms with Crippen molar-refractivity contribution in [2.45, 2.75) is 20.0 Å². The first kappa shape index (κ1) is 12.8. The summed E-state index contributed by atoms with van der Waals surface area (Å²) in [5, 5.41) is 2.00. The van der Waals surface area contributed by atoms with Crippen LogP contribution in [0.4, 0.5) is 0 Å². The summed E-state index contributed by atoms with van der Waals surface area (Å²) in [6.07, 6.45) is 0. The molecule has 0 aliphatic carbocycles. The fourth-order valence-corrected chi connectivity index (χ4v) is 1.90. The zero-order valence-electron chi connectivity index (χ0n) is 10.8. The lowest BCUT2D eigenvalue weighted by Crippen LogP contribution is -2.23. The second-order valence-corrected chi connectivity index (χ2v) is 4.19. The highest BCUT2D eigenvalue weighted by Crippen LogP contribution is 2.10. The van der Waals surface area contributed by atoms with Crippen LogP contribution in [-0.2, 0) is 17.9 Å². The monoisotopic (exact) mass is 241 g/mol. The van der Waals surface area contributed by atoms with Crippen LogP contribution >= 0.6 is 0 Å². The van der Waals surface area contributed by atoms with Crippen molar-refractivity contribution in [3.63, 3.8) is 0 Å². The van der Waals surface area contributed by atoms with E-state index in [4.69, 9.17) is 4.84 Å². The van der Waals surface area contributed by atoms with Crippen LogP contribution in [0.5, 0.6) is 0 Å². The Morgan fingerprint density at radius 3 is 1.61 bits per heavy atom. The summed E-state index contributed by atoms with van der Waals surface area (Å²) in [6.45, 7) is 4.33. The lowest BCUT2D eigenvalue weighted by Gasteiger charge is -2.21.